The van der Waals surface area contributed by atoms with Gasteiger partial charge in [0.05, 0.1) is 23.8 Å². The summed E-state index contributed by atoms with van der Waals surface area (Å²) in [6, 6.07) is 2.01. The van der Waals surface area contributed by atoms with Gasteiger partial charge in [0.25, 0.3) is 0 Å². The summed E-state index contributed by atoms with van der Waals surface area (Å²) in [5.74, 6) is 1.17. The van der Waals surface area contributed by atoms with Gasteiger partial charge in [0.1, 0.15) is 0 Å². The maximum atomic E-state index is 4.45. The lowest BCUT2D eigenvalue weighted by atomic mass is 10.1. The van der Waals surface area contributed by atoms with Crippen LogP contribution in [0.1, 0.15) is 31.2 Å². The fourth-order valence-corrected chi connectivity index (χ4v) is 1.51. The standard InChI is InChI=1S/C12H17N5/c1-9(2)11-4-5-17(16-11)12-8-14-10(6-13-3)7-15-12/h4-5,7-9,13H,6H2,1-3H3. The fraction of sp³-hybridized carbons (Fsp3) is 0.417. The minimum Gasteiger partial charge on any atom is -0.314 e. The molecule has 5 nitrogen and oxygen atoms in total. The number of nitrogens with zero attached hydrogens (tertiary/aromatic N) is 4. The van der Waals surface area contributed by atoms with E-state index in [4.69, 9.17) is 0 Å². The van der Waals surface area contributed by atoms with Crippen LogP contribution >= 0.6 is 0 Å². The van der Waals surface area contributed by atoms with Crippen LogP contribution in [-0.2, 0) is 6.54 Å². The molecule has 0 aliphatic carbocycles. The molecule has 2 heterocycles. The Morgan fingerprint density at radius 3 is 2.65 bits per heavy atom. The largest absolute Gasteiger partial charge is 0.314 e. The molecule has 5 heteroatoms. The van der Waals surface area contributed by atoms with Gasteiger partial charge in [-0.05, 0) is 19.0 Å². The number of nitrogens with one attached hydrogen (secondary N) is 1. The lowest BCUT2D eigenvalue weighted by Crippen LogP contribution is -2.08. The van der Waals surface area contributed by atoms with E-state index in [1.807, 2.05) is 19.3 Å². The Morgan fingerprint density at radius 1 is 1.29 bits per heavy atom. The zero-order chi connectivity index (χ0) is 12.3. The number of aromatic nitrogens is 4. The van der Waals surface area contributed by atoms with Gasteiger partial charge in [-0.25, -0.2) is 9.67 Å². The van der Waals surface area contributed by atoms with Gasteiger partial charge >= 0.3 is 0 Å². The Labute approximate surface area is 101 Å². The van der Waals surface area contributed by atoms with E-state index in [-0.39, 0.29) is 0 Å². The predicted octanol–water partition coefficient (Wildman–Crippen LogP) is 1.51. The Balaban J connectivity index is 2.21. The van der Waals surface area contributed by atoms with E-state index in [9.17, 15) is 0 Å². The summed E-state index contributed by atoms with van der Waals surface area (Å²) in [7, 11) is 1.89. The van der Waals surface area contributed by atoms with Gasteiger partial charge in [0.2, 0.25) is 0 Å². The topological polar surface area (TPSA) is 55.6 Å². The van der Waals surface area contributed by atoms with Gasteiger partial charge in [0, 0.05) is 12.7 Å². The van der Waals surface area contributed by atoms with Crippen molar-refractivity contribution in [2.45, 2.75) is 26.3 Å². The smallest absolute Gasteiger partial charge is 0.171 e. The summed E-state index contributed by atoms with van der Waals surface area (Å²) < 4.78 is 1.76. The minimum absolute atomic E-state index is 0.424. The third-order valence-corrected chi connectivity index (χ3v) is 2.49. The second kappa shape index (κ2) is 5.05. The van der Waals surface area contributed by atoms with Crippen LogP contribution in [0.15, 0.2) is 24.7 Å². The van der Waals surface area contributed by atoms with E-state index in [0.29, 0.717) is 5.92 Å². The van der Waals surface area contributed by atoms with Gasteiger partial charge in [-0.3, -0.25) is 4.98 Å². The van der Waals surface area contributed by atoms with Crippen molar-refractivity contribution in [3.63, 3.8) is 0 Å². The lowest BCUT2D eigenvalue weighted by molar-refractivity contribution is 0.743. The Bertz CT molecular complexity index is 472. The van der Waals surface area contributed by atoms with Crippen molar-refractivity contribution in [1.29, 1.82) is 0 Å². The maximum Gasteiger partial charge on any atom is 0.171 e. The molecule has 0 saturated heterocycles. The Hall–Kier alpha value is -1.75. The van der Waals surface area contributed by atoms with Crippen LogP contribution in [0.25, 0.3) is 5.82 Å². The molecule has 0 aliphatic rings. The first-order valence-electron chi connectivity index (χ1n) is 5.72. The van der Waals surface area contributed by atoms with E-state index < -0.39 is 0 Å². The van der Waals surface area contributed by atoms with Crippen LogP contribution in [0, 0.1) is 0 Å². The first kappa shape index (κ1) is 11.7. The van der Waals surface area contributed by atoms with Crippen molar-refractivity contribution in [1.82, 2.24) is 25.1 Å². The Morgan fingerprint density at radius 2 is 2.12 bits per heavy atom. The molecule has 2 rings (SSSR count). The molecule has 0 amide bonds. The summed E-state index contributed by atoms with van der Waals surface area (Å²) in [6.45, 7) is 4.96. The maximum absolute atomic E-state index is 4.45. The quantitative estimate of drug-likeness (QED) is 0.866. The first-order valence-corrected chi connectivity index (χ1v) is 5.72. The summed E-state index contributed by atoms with van der Waals surface area (Å²) in [5, 5.41) is 7.49. The molecule has 0 saturated carbocycles. The second-order valence-electron chi connectivity index (χ2n) is 4.24. The summed E-state index contributed by atoms with van der Waals surface area (Å²) in [5.41, 5.74) is 1.98. The van der Waals surface area contributed by atoms with Crippen LogP contribution in [0.3, 0.4) is 0 Å². The van der Waals surface area contributed by atoms with E-state index in [2.05, 4.69) is 34.2 Å². The monoisotopic (exact) mass is 231 g/mol. The lowest BCUT2D eigenvalue weighted by Gasteiger charge is -2.02. The zero-order valence-electron chi connectivity index (χ0n) is 10.4. The highest BCUT2D eigenvalue weighted by atomic mass is 15.3. The molecule has 17 heavy (non-hydrogen) atoms. The number of hydrogen-bond acceptors (Lipinski definition) is 4. The third kappa shape index (κ3) is 2.68. The van der Waals surface area contributed by atoms with E-state index in [1.54, 1.807) is 17.1 Å². The average molecular weight is 231 g/mol. The van der Waals surface area contributed by atoms with Gasteiger partial charge in [0.15, 0.2) is 5.82 Å². The fourth-order valence-electron chi connectivity index (χ4n) is 1.51. The normalized spacial score (nSPS) is 11.1. The molecule has 1 N–H and O–H groups in total. The molecule has 0 spiro atoms. The van der Waals surface area contributed by atoms with Crippen molar-refractivity contribution in [3.8, 4) is 5.82 Å². The number of hydrogen-bond donors (Lipinski definition) is 1. The van der Waals surface area contributed by atoms with Crippen molar-refractivity contribution in [2.24, 2.45) is 0 Å². The molecule has 90 valence electrons. The molecule has 0 aliphatic heterocycles. The minimum atomic E-state index is 0.424. The molecule has 0 aromatic carbocycles. The second-order valence-corrected chi connectivity index (χ2v) is 4.24. The van der Waals surface area contributed by atoms with Crippen LogP contribution in [0.2, 0.25) is 0 Å². The summed E-state index contributed by atoms with van der Waals surface area (Å²) in [6.07, 6.45) is 5.42. The highest BCUT2D eigenvalue weighted by Gasteiger charge is 2.05. The summed E-state index contributed by atoms with van der Waals surface area (Å²) in [4.78, 5) is 8.65. The van der Waals surface area contributed by atoms with Gasteiger partial charge in [-0.15, -0.1) is 0 Å². The molecule has 0 bridgehead atoms. The van der Waals surface area contributed by atoms with Crippen molar-refractivity contribution in [3.05, 3.63) is 36.0 Å². The van der Waals surface area contributed by atoms with Crippen molar-refractivity contribution < 1.29 is 0 Å². The SMILES string of the molecule is CNCc1cnc(-n2ccc(C(C)C)n2)cn1. The highest BCUT2D eigenvalue weighted by molar-refractivity contribution is 5.19. The zero-order valence-corrected chi connectivity index (χ0v) is 10.4. The molecular weight excluding hydrogens is 214 g/mol. The molecule has 0 fully saturated rings. The van der Waals surface area contributed by atoms with Gasteiger partial charge < -0.3 is 5.32 Å². The van der Waals surface area contributed by atoms with Crippen LogP contribution in [0.4, 0.5) is 0 Å². The third-order valence-electron chi connectivity index (χ3n) is 2.49. The van der Waals surface area contributed by atoms with Crippen LogP contribution in [0.5, 0.6) is 0 Å². The molecule has 0 radical (unpaired) electrons. The molecule has 2 aromatic rings. The molecular formula is C12H17N5. The van der Waals surface area contributed by atoms with E-state index in [1.165, 1.54) is 0 Å². The van der Waals surface area contributed by atoms with E-state index in [0.717, 1.165) is 23.8 Å². The van der Waals surface area contributed by atoms with Crippen LogP contribution in [-0.4, -0.2) is 26.8 Å². The first-order chi connectivity index (χ1) is 8.20. The number of rotatable bonds is 4. The molecule has 2 aromatic heterocycles. The van der Waals surface area contributed by atoms with Crippen LogP contribution < -0.4 is 5.32 Å². The highest BCUT2D eigenvalue weighted by Crippen LogP contribution is 2.12. The van der Waals surface area contributed by atoms with Gasteiger partial charge in [-0.2, -0.15) is 5.10 Å². The predicted molar refractivity (Wildman–Crippen MR) is 66.0 cm³/mol. The molecule has 0 atom stereocenters. The average Bonchev–Trinajstić information content (AvgIpc) is 2.80. The van der Waals surface area contributed by atoms with Crippen molar-refractivity contribution >= 4 is 0 Å². The van der Waals surface area contributed by atoms with Crippen molar-refractivity contribution in [2.75, 3.05) is 7.05 Å². The van der Waals surface area contributed by atoms with Gasteiger partial charge in [-0.1, -0.05) is 13.8 Å². The summed E-state index contributed by atoms with van der Waals surface area (Å²) >= 11 is 0. The molecule has 0 unspecified atom stereocenters. The Kier molecular flexibility index (Phi) is 3.49. The van der Waals surface area contributed by atoms with E-state index >= 15 is 0 Å².